The molecule has 0 bridgehead atoms. The van der Waals surface area contributed by atoms with Crippen LogP contribution in [-0.2, 0) is 17.8 Å². The van der Waals surface area contributed by atoms with Crippen molar-refractivity contribution in [3.63, 3.8) is 0 Å². The number of fused-ring (bicyclic) bond motifs is 1. The van der Waals surface area contributed by atoms with Crippen LogP contribution in [0.5, 0.6) is 11.5 Å². The highest BCUT2D eigenvalue weighted by Crippen LogP contribution is 2.37. The molecule has 8 nitrogen and oxygen atoms in total. The molecule has 0 unspecified atom stereocenters. The van der Waals surface area contributed by atoms with E-state index in [0.717, 1.165) is 17.8 Å². The van der Waals surface area contributed by atoms with Gasteiger partial charge in [-0.3, -0.25) is 10.1 Å². The maximum Gasteiger partial charge on any atom is 0.345 e. The van der Waals surface area contributed by atoms with E-state index in [0.29, 0.717) is 24.7 Å². The lowest BCUT2D eigenvalue weighted by atomic mass is 10.1. The molecule has 132 valence electrons. The predicted octanol–water partition coefficient (Wildman–Crippen LogP) is 3.13. The maximum atomic E-state index is 12.3. The van der Waals surface area contributed by atoms with Crippen LogP contribution in [0.2, 0.25) is 0 Å². The van der Waals surface area contributed by atoms with Crippen LogP contribution in [0.3, 0.4) is 0 Å². The van der Waals surface area contributed by atoms with Crippen molar-refractivity contribution < 1.29 is 23.9 Å². The highest BCUT2D eigenvalue weighted by Gasteiger charge is 2.27. The van der Waals surface area contributed by atoms with E-state index in [1.54, 1.807) is 0 Å². The van der Waals surface area contributed by atoms with Crippen LogP contribution < -0.4 is 9.47 Å². The summed E-state index contributed by atoms with van der Waals surface area (Å²) < 4.78 is 15.9. The Labute approximate surface area is 147 Å². The SMILES string of the molecule is CCCc1nc(COC(=O)c2cc3c(cc2[N+](=O)[O-])OCCO3)cs1. The number of ether oxygens (including phenoxy) is 3. The van der Waals surface area contributed by atoms with Gasteiger partial charge < -0.3 is 14.2 Å². The molecule has 25 heavy (non-hydrogen) atoms. The average Bonchev–Trinajstić information content (AvgIpc) is 3.06. The quantitative estimate of drug-likeness (QED) is 0.441. The molecule has 0 aliphatic carbocycles. The predicted molar refractivity (Wildman–Crippen MR) is 89.3 cm³/mol. The van der Waals surface area contributed by atoms with E-state index in [4.69, 9.17) is 14.2 Å². The third-order valence-corrected chi connectivity index (χ3v) is 4.45. The Kier molecular flexibility index (Phi) is 5.13. The number of carbonyl (C=O) groups is 1. The topological polar surface area (TPSA) is 101 Å². The molecule has 1 aromatic heterocycles. The largest absolute Gasteiger partial charge is 0.486 e. The van der Waals surface area contributed by atoms with Crippen molar-refractivity contribution in [1.29, 1.82) is 0 Å². The molecule has 1 aliphatic heterocycles. The van der Waals surface area contributed by atoms with Gasteiger partial charge in [0.15, 0.2) is 11.5 Å². The highest BCUT2D eigenvalue weighted by molar-refractivity contribution is 7.09. The Hall–Kier alpha value is -2.68. The fourth-order valence-electron chi connectivity index (χ4n) is 2.35. The summed E-state index contributed by atoms with van der Waals surface area (Å²) in [5.41, 5.74) is 0.0828. The molecule has 0 amide bonds. The van der Waals surface area contributed by atoms with Crippen molar-refractivity contribution in [3.05, 3.63) is 43.9 Å². The minimum Gasteiger partial charge on any atom is -0.486 e. The Morgan fingerprint density at radius 1 is 1.36 bits per heavy atom. The number of benzene rings is 1. The third-order valence-electron chi connectivity index (χ3n) is 3.49. The number of hydrogen-bond acceptors (Lipinski definition) is 8. The van der Waals surface area contributed by atoms with Crippen LogP contribution in [0.15, 0.2) is 17.5 Å². The minimum atomic E-state index is -0.797. The van der Waals surface area contributed by atoms with Gasteiger partial charge in [-0.25, -0.2) is 9.78 Å². The fraction of sp³-hybridized carbons (Fsp3) is 0.375. The Bertz CT molecular complexity index is 804. The lowest BCUT2D eigenvalue weighted by Crippen LogP contribution is -2.17. The molecule has 0 spiro atoms. The number of nitro groups is 1. The number of nitro benzene ring substituents is 1. The number of esters is 1. The molecule has 3 rings (SSSR count). The van der Waals surface area contributed by atoms with Crippen molar-refractivity contribution in [1.82, 2.24) is 4.98 Å². The van der Waals surface area contributed by atoms with Crippen molar-refractivity contribution >= 4 is 23.0 Å². The van der Waals surface area contributed by atoms with Gasteiger partial charge in [0.25, 0.3) is 5.69 Å². The molecule has 0 saturated carbocycles. The van der Waals surface area contributed by atoms with Gasteiger partial charge >= 0.3 is 5.97 Å². The second-order valence-electron chi connectivity index (χ2n) is 5.33. The average molecular weight is 364 g/mol. The Morgan fingerprint density at radius 2 is 2.08 bits per heavy atom. The van der Waals surface area contributed by atoms with E-state index in [-0.39, 0.29) is 23.6 Å². The lowest BCUT2D eigenvalue weighted by Gasteiger charge is -2.18. The van der Waals surface area contributed by atoms with Crippen molar-refractivity contribution in [2.75, 3.05) is 13.2 Å². The zero-order chi connectivity index (χ0) is 17.8. The van der Waals surface area contributed by atoms with Crippen LogP contribution in [0.25, 0.3) is 0 Å². The molecule has 2 aromatic rings. The van der Waals surface area contributed by atoms with E-state index in [1.807, 2.05) is 5.38 Å². The monoisotopic (exact) mass is 364 g/mol. The summed E-state index contributed by atoms with van der Waals surface area (Å²) >= 11 is 1.50. The van der Waals surface area contributed by atoms with Crippen LogP contribution in [-0.4, -0.2) is 29.1 Å². The van der Waals surface area contributed by atoms with Crippen LogP contribution in [0, 0.1) is 10.1 Å². The minimum absolute atomic E-state index is 0.0371. The second kappa shape index (κ2) is 7.47. The number of aromatic nitrogens is 1. The van der Waals surface area contributed by atoms with Gasteiger partial charge in [0.05, 0.1) is 21.7 Å². The van der Waals surface area contributed by atoms with E-state index in [1.165, 1.54) is 23.5 Å². The zero-order valence-electron chi connectivity index (χ0n) is 13.5. The zero-order valence-corrected chi connectivity index (χ0v) is 14.3. The first-order chi connectivity index (χ1) is 12.1. The molecule has 1 aromatic carbocycles. The van der Waals surface area contributed by atoms with E-state index >= 15 is 0 Å². The molecule has 0 saturated heterocycles. The third kappa shape index (κ3) is 3.87. The van der Waals surface area contributed by atoms with Crippen molar-refractivity contribution in [2.24, 2.45) is 0 Å². The molecular formula is C16H16N2O6S. The fourth-order valence-corrected chi connectivity index (χ4v) is 3.24. The van der Waals surface area contributed by atoms with Gasteiger partial charge in [-0.15, -0.1) is 11.3 Å². The standard InChI is InChI=1S/C16H16N2O6S/c1-2-3-15-17-10(9-25-15)8-24-16(19)11-6-13-14(23-5-4-22-13)7-12(11)18(20)21/h6-7,9H,2-5,8H2,1H3. The molecule has 1 aliphatic rings. The first kappa shape index (κ1) is 17.2. The molecule has 0 fully saturated rings. The number of aryl methyl sites for hydroxylation is 1. The molecule has 0 radical (unpaired) electrons. The van der Waals surface area contributed by atoms with Gasteiger partial charge in [0.1, 0.15) is 25.4 Å². The van der Waals surface area contributed by atoms with Gasteiger partial charge in [0.2, 0.25) is 0 Å². The summed E-state index contributed by atoms with van der Waals surface area (Å²) in [4.78, 5) is 27.3. The first-order valence-corrected chi connectivity index (χ1v) is 8.65. The lowest BCUT2D eigenvalue weighted by molar-refractivity contribution is -0.385. The summed E-state index contributed by atoms with van der Waals surface area (Å²) in [5, 5.41) is 14.0. The molecule has 9 heteroatoms. The second-order valence-corrected chi connectivity index (χ2v) is 6.27. The normalized spacial score (nSPS) is 12.7. The van der Waals surface area contributed by atoms with Crippen molar-refractivity contribution in [2.45, 2.75) is 26.4 Å². The molecule has 0 atom stereocenters. The first-order valence-electron chi connectivity index (χ1n) is 7.77. The van der Waals surface area contributed by atoms with Gasteiger partial charge in [-0.1, -0.05) is 6.92 Å². The van der Waals surface area contributed by atoms with E-state index in [2.05, 4.69) is 11.9 Å². The number of hydrogen-bond donors (Lipinski definition) is 0. The molecule has 0 N–H and O–H groups in total. The molecule has 2 heterocycles. The van der Waals surface area contributed by atoms with Crippen LogP contribution in [0.1, 0.15) is 34.4 Å². The number of rotatable bonds is 6. The van der Waals surface area contributed by atoms with Crippen molar-refractivity contribution in [3.8, 4) is 11.5 Å². The van der Waals surface area contributed by atoms with Gasteiger partial charge in [0, 0.05) is 11.4 Å². The van der Waals surface area contributed by atoms with E-state index < -0.39 is 10.9 Å². The maximum absolute atomic E-state index is 12.3. The Morgan fingerprint density at radius 3 is 2.76 bits per heavy atom. The number of thiazole rings is 1. The van der Waals surface area contributed by atoms with Crippen LogP contribution >= 0.6 is 11.3 Å². The smallest absolute Gasteiger partial charge is 0.345 e. The van der Waals surface area contributed by atoms with Gasteiger partial charge in [-0.05, 0) is 12.8 Å². The summed E-state index contributed by atoms with van der Waals surface area (Å²) in [6, 6.07) is 2.48. The summed E-state index contributed by atoms with van der Waals surface area (Å²) in [6.45, 7) is 2.64. The molecular weight excluding hydrogens is 348 g/mol. The Balaban J connectivity index is 1.77. The number of nitrogens with zero attached hydrogens (tertiary/aromatic N) is 2. The van der Waals surface area contributed by atoms with Gasteiger partial charge in [-0.2, -0.15) is 0 Å². The summed E-state index contributed by atoms with van der Waals surface area (Å²) in [5.74, 6) is -0.255. The highest BCUT2D eigenvalue weighted by atomic mass is 32.1. The summed E-state index contributed by atoms with van der Waals surface area (Å²) in [7, 11) is 0. The van der Waals surface area contributed by atoms with Crippen LogP contribution in [0.4, 0.5) is 5.69 Å². The summed E-state index contributed by atoms with van der Waals surface area (Å²) in [6.07, 6.45) is 1.85. The van der Waals surface area contributed by atoms with E-state index in [9.17, 15) is 14.9 Å². The number of carbonyl (C=O) groups excluding carboxylic acids is 1.